The van der Waals surface area contributed by atoms with Crippen molar-refractivity contribution >= 4 is 35.0 Å². The summed E-state index contributed by atoms with van der Waals surface area (Å²) in [5.41, 5.74) is 1.37. The largest absolute Gasteiger partial charge is 0.495 e. The van der Waals surface area contributed by atoms with Crippen molar-refractivity contribution in [1.82, 2.24) is 20.6 Å². The van der Waals surface area contributed by atoms with Gasteiger partial charge < -0.3 is 30.5 Å². The van der Waals surface area contributed by atoms with Crippen LogP contribution in [-0.4, -0.2) is 67.7 Å². The molecule has 0 unspecified atom stereocenters. The van der Waals surface area contributed by atoms with Gasteiger partial charge in [-0.2, -0.15) is 4.98 Å². The molecule has 38 heavy (non-hydrogen) atoms. The van der Waals surface area contributed by atoms with Gasteiger partial charge in [0.05, 0.1) is 24.4 Å². The molecule has 10 nitrogen and oxygen atoms in total. The summed E-state index contributed by atoms with van der Waals surface area (Å²) in [5.74, 6) is 1.65. The number of carbonyl (C=O) groups excluding carboxylic acids is 2. The van der Waals surface area contributed by atoms with Crippen LogP contribution in [-0.2, 0) is 4.79 Å². The van der Waals surface area contributed by atoms with Gasteiger partial charge in [0.2, 0.25) is 11.9 Å². The van der Waals surface area contributed by atoms with E-state index in [1.54, 1.807) is 37.4 Å². The van der Waals surface area contributed by atoms with Crippen molar-refractivity contribution in [2.75, 3.05) is 48.9 Å². The van der Waals surface area contributed by atoms with Crippen molar-refractivity contribution in [3.8, 4) is 5.75 Å². The Kier molecular flexibility index (Phi) is 7.43. The summed E-state index contributed by atoms with van der Waals surface area (Å²) in [6.45, 7) is 6.32. The molecule has 10 heteroatoms. The van der Waals surface area contributed by atoms with Gasteiger partial charge in [0.15, 0.2) is 5.82 Å². The number of hydrogen-bond acceptors (Lipinski definition) is 8. The third-order valence-corrected chi connectivity index (χ3v) is 7.95. The van der Waals surface area contributed by atoms with Gasteiger partial charge in [-0.25, -0.2) is 4.98 Å². The molecule has 1 saturated heterocycles. The Bertz CT molecular complexity index is 1190. The molecule has 204 valence electrons. The molecule has 5 rings (SSSR count). The van der Waals surface area contributed by atoms with Crippen molar-refractivity contribution in [2.24, 2.45) is 5.41 Å². The van der Waals surface area contributed by atoms with Crippen LogP contribution in [0.4, 0.5) is 23.1 Å². The maximum atomic E-state index is 13.3. The fourth-order valence-corrected chi connectivity index (χ4v) is 5.80. The first-order valence-electron chi connectivity index (χ1n) is 13.7. The average Bonchev–Trinajstić information content (AvgIpc) is 3.42. The van der Waals surface area contributed by atoms with E-state index in [1.165, 1.54) is 19.3 Å². The van der Waals surface area contributed by atoms with Gasteiger partial charge in [-0.3, -0.25) is 9.59 Å². The summed E-state index contributed by atoms with van der Waals surface area (Å²) in [6, 6.07) is 5.79. The van der Waals surface area contributed by atoms with Gasteiger partial charge in [0.25, 0.3) is 5.91 Å². The first kappa shape index (κ1) is 26.2. The molecule has 0 radical (unpaired) electrons. The number of benzene rings is 1. The highest BCUT2D eigenvalue weighted by Crippen LogP contribution is 2.40. The summed E-state index contributed by atoms with van der Waals surface area (Å²) in [6.07, 6.45) is 8.46. The van der Waals surface area contributed by atoms with E-state index in [4.69, 9.17) is 9.72 Å². The molecule has 0 spiro atoms. The molecule has 1 aromatic heterocycles. The van der Waals surface area contributed by atoms with Crippen molar-refractivity contribution < 1.29 is 14.3 Å². The molecular formula is C28H39N7O3. The Labute approximate surface area is 224 Å². The molecule has 1 aliphatic carbocycles. The predicted molar refractivity (Wildman–Crippen MR) is 148 cm³/mol. The van der Waals surface area contributed by atoms with E-state index in [2.05, 4.69) is 25.8 Å². The summed E-state index contributed by atoms with van der Waals surface area (Å²) in [5, 5.41) is 9.61. The second kappa shape index (κ2) is 10.8. The zero-order valence-electron chi connectivity index (χ0n) is 22.8. The van der Waals surface area contributed by atoms with E-state index in [0.717, 1.165) is 43.9 Å². The van der Waals surface area contributed by atoms with Crippen LogP contribution >= 0.6 is 0 Å². The smallest absolute Gasteiger partial charge is 0.251 e. The fourth-order valence-electron chi connectivity index (χ4n) is 5.80. The molecule has 1 aromatic carbocycles. The van der Waals surface area contributed by atoms with Crippen LogP contribution < -0.4 is 30.5 Å². The molecular weight excluding hydrogens is 482 g/mol. The number of anilines is 4. The SMILES string of the molecule is COc1cc(C(=O)N[C@H]2CCNC2)ccc1Nc1ncc2c(n1)N(C1CCCCC1)CC(C)(C)C(=O)N2C. The minimum Gasteiger partial charge on any atom is -0.495 e. The van der Waals surface area contributed by atoms with E-state index < -0.39 is 5.41 Å². The Hall–Kier alpha value is -3.40. The maximum absolute atomic E-state index is 13.3. The van der Waals surface area contributed by atoms with Gasteiger partial charge >= 0.3 is 0 Å². The monoisotopic (exact) mass is 521 g/mol. The van der Waals surface area contributed by atoms with Crippen LogP contribution in [0, 0.1) is 5.41 Å². The summed E-state index contributed by atoms with van der Waals surface area (Å²) in [7, 11) is 3.38. The van der Waals surface area contributed by atoms with Crippen molar-refractivity contribution in [3.63, 3.8) is 0 Å². The second-order valence-corrected chi connectivity index (χ2v) is 11.3. The molecule has 3 heterocycles. The molecule has 2 aromatic rings. The molecule has 2 amide bonds. The normalized spacial score (nSPS) is 21.6. The standard InChI is InChI=1S/C28H39N7O3/c1-28(2)17-35(20-8-6-5-7-9-20)24-22(34(3)26(28)37)16-30-27(33-24)32-21-11-10-18(14-23(21)38-4)25(36)31-19-12-13-29-15-19/h10-11,14,16,19-20,29H,5-9,12-13,15,17H2,1-4H3,(H,31,36)(H,30,32,33)/t19-/m0/s1. The van der Waals surface area contributed by atoms with Crippen LogP contribution in [0.25, 0.3) is 0 Å². The number of aromatic nitrogens is 2. The summed E-state index contributed by atoms with van der Waals surface area (Å²) < 4.78 is 5.61. The van der Waals surface area contributed by atoms with Crippen molar-refractivity contribution in [3.05, 3.63) is 30.0 Å². The highest BCUT2D eigenvalue weighted by Gasteiger charge is 2.41. The average molecular weight is 522 g/mol. The zero-order valence-corrected chi connectivity index (χ0v) is 22.8. The van der Waals surface area contributed by atoms with Gasteiger partial charge in [0.1, 0.15) is 11.4 Å². The lowest BCUT2D eigenvalue weighted by atomic mass is 9.88. The van der Waals surface area contributed by atoms with Crippen LogP contribution in [0.3, 0.4) is 0 Å². The van der Waals surface area contributed by atoms with Gasteiger partial charge in [-0.1, -0.05) is 19.3 Å². The zero-order chi connectivity index (χ0) is 26.9. The van der Waals surface area contributed by atoms with Gasteiger partial charge in [-0.05, 0) is 57.9 Å². The maximum Gasteiger partial charge on any atom is 0.251 e. The predicted octanol–water partition coefficient (Wildman–Crippen LogP) is 3.46. The first-order chi connectivity index (χ1) is 18.3. The van der Waals surface area contributed by atoms with E-state index in [0.29, 0.717) is 35.5 Å². The molecule has 2 aliphatic heterocycles. The lowest BCUT2D eigenvalue weighted by Crippen LogP contribution is -2.46. The Morgan fingerprint density at radius 2 is 1.97 bits per heavy atom. The van der Waals surface area contributed by atoms with Crippen LogP contribution in [0.2, 0.25) is 0 Å². The van der Waals surface area contributed by atoms with Gasteiger partial charge in [-0.15, -0.1) is 0 Å². The number of rotatable bonds is 6. The summed E-state index contributed by atoms with van der Waals surface area (Å²) >= 11 is 0. The van der Waals surface area contributed by atoms with E-state index >= 15 is 0 Å². The number of carbonyl (C=O) groups is 2. The minimum atomic E-state index is -0.547. The number of nitrogens with one attached hydrogen (secondary N) is 3. The van der Waals surface area contributed by atoms with E-state index in [1.807, 2.05) is 19.9 Å². The van der Waals surface area contributed by atoms with Crippen LogP contribution in [0.15, 0.2) is 24.4 Å². The molecule has 1 saturated carbocycles. The third kappa shape index (κ3) is 5.27. The van der Waals surface area contributed by atoms with Gasteiger partial charge in [0, 0.05) is 37.8 Å². The number of methoxy groups -OCH3 is 1. The van der Waals surface area contributed by atoms with E-state index in [-0.39, 0.29) is 17.9 Å². The Balaban J connectivity index is 1.43. The van der Waals surface area contributed by atoms with Crippen molar-refractivity contribution in [2.45, 2.75) is 64.5 Å². The molecule has 2 fully saturated rings. The quantitative estimate of drug-likeness (QED) is 0.530. The number of ether oxygens (including phenoxy) is 1. The highest BCUT2D eigenvalue weighted by atomic mass is 16.5. The third-order valence-electron chi connectivity index (χ3n) is 7.95. The Morgan fingerprint density at radius 3 is 2.68 bits per heavy atom. The van der Waals surface area contributed by atoms with Crippen LogP contribution in [0.1, 0.15) is 62.7 Å². The first-order valence-corrected chi connectivity index (χ1v) is 13.7. The molecule has 0 bridgehead atoms. The molecule has 3 N–H and O–H groups in total. The lowest BCUT2D eigenvalue weighted by molar-refractivity contribution is -0.125. The second-order valence-electron chi connectivity index (χ2n) is 11.3. The van der Waals surface area contributed by atoms with Crippen LogP contribution in [0.5, 0.6) is 5.75 Å². The lowest BCUT2D eigenvalue weighted by Gasteiger charge is -2.38. The highest BCUT2D eigenvalue weighted by molar-refractivity contribution is 6.01. The topological polar surface area (TPSA) is 112 Å². The summed E-state index contributed by atoms with van der Waals surface area (Å²) in [4.78, 5) is 39.6. The molecule has 3 aliphatic rings. The number of fused-ring (bicyclic) bond motifs is 1. The number of nitrogens with zero attached hydrogens (tertiary/aromatic N) is 4. The fraction of sp³-hybridized carbons (Fsp3) is 0.571. The minimum absolute atomic E-state index is 0.0605. The molecule has 1 atom stereocenters. The Morgan fingerprint density at radius 1 is 1.18 bits per heavy atom. The van der Waals surface area contributed by atoms with Crippen molar-refractivity contribution in [1.29, 1.82) is 0 Å². The number of hydrogen-bond donors (Lipinski definition) is 3. The van der Waals surface area contributed by atoms with E-state index in [9.17, 15) is 9.59 Å². The number of amides is 2.